The Bertz CT molecular complexity index is 586. The predicted octanol–water partition coefficient (Wildman–Crippen LogP) is 2.38. The third-order valence-electron chi connectivity index (χ3n) is 2.45. The van der Waals surface area contributed by atoms with Crippen molar-refractivity contribution in [3.05, 3.63) is 50.3 Å². The number of halogens is 1. The van der Waals surface area contributed by atoms with Gasteiger partial charge in [0.1, 0.15) is 4.47 Å². The molecule has 0 unspecified atom stereocenters. The summed E-state index contributed by atoms with van der Waals surface area (Å²) in [5.74, 6) is 0. The summed E-state index contributed by atoms with van der Waals surface area (Å²) >= 11 is 3.27. The lowest BCUT2D eigenvalue weighted by Crippen LogP contribution is -2.14. The molecule has 0 spiro atoms. The molecule has 1 aromatic heterocycles. The van der Waals surface area contributed by atoms with Crippen molar-refractivity contribution in [2.24, 2.45) is 0 Å². The van der Waals surface area contributed by atoms with E-state index in [4.69, 9.17) is 4.74 Å². The lowest BCUT2D eigenvalue weighted by atomic mass is 10.2. The highest BCUT2D eigenvalue weighted by molar-refractivity contribution is 9.10. The minimum Gasteiger partial charge on any atom is -0.378 e. The smallest absolute Gasteiger partial charge is 0.285 e. The molecule has 0 bridgehead atoms. The summed E-state index contributed by atoms with van der Waals surface area (Å²) in [6.07, 6.45) is 0. The van der Waals surface area contributed by atoms with Crippen LogP contribution in [0.3, 0.4) is 0 Å². The van der Waals surface area contributed by atoms with Gasteiger partial charge in [-0.1, -0.05) is 12.1 Å². The Kier molecular flexibility index (Phi) is 3.49. The van der Waals surface area contributed by atoms with Gasteiger partial charge in [0.25, 0.3) is 5.56 Å². The molecule has 0 saturated carbocycles. The molecular formula is C12H13BrN2O2. The SMILES string of the molecule is COCc1[nH]n(-c2cccc(C)c2)c(=O)c1Br. The molecule has 2 aromatic rings. The van der Waals surface area contributed by atoms with Crippen LogP contribution in [0.5, 0.6) is 0 Å². The minimum absolute atomic E-state index is 0.109. The van der Waals surface area contributed by atoms with E-state index < -0.39 is 0 Å². The number of aromatic nitrogens is 2. The topological polar surface area (TPSA) is 47.0 Å². The highest BCUT2D eigenvalue weighted by Gasteiger charge is 2.12. The largest absolute Gasteiger partial charge is 0.378 e. The summed E-state index contributed by atoms with van der Waals surface area (Å²) in [4.78, 5) is 12.0. The number of nitrogens with zero attached hydrogens (tertiary/aromatic N) is 1. The van der Waals surface area contributed by atoms with Crippen LogP contribution in [0.15, 0.2) is 33.5 Å². The van der Waals surface area contributed by atoms with Crippen LogP contribution in [0.2, 0.25) is 0 Å². The lowest BCUT2D eigenvalue weighted by molar-refractivity contribution is 0.180. The molecule has 0 amide bonds. The van der Waals surface area contributed by atoms with E-state index in [1.165, 1.54) is 4.68 Å². The van der Waals surface area contributed by atoms with Crippen molar-refractivity contribution >= 4 is 15.9 Å². The molecule has 0 fully saturated rings. The van der Waals surface area contributed by atoms with E-state index in [1.807, 2.05) is 31.2 Å². The molecule has 1 heterocycles. The second kappa shape index (κ2) is 4.89. The summed E-state index contributed by atoms with van der Waals surface area (Å²) in [6.45, 7) is 2.36. The summed E-state index contributed by atoms with van der Waals surface area (Å²) in [6, 6.07) is 7.74. The van der Waals surface area contributed by atoms with Gasteiger partial charge in [-0.2, -0.15) is 0 Å². The first-order valence-electron chi connectivity index (χ1n) is 5.19. The van der Waals surface area contributed by atoms with Crippen molar-refractivity contribution in [2.45, 2.75) is 13.5 Å². The Balaban J connectivity index is 2.53. The van der Waals surface area contributed by atoms with Crippen molar-refractivity contribution in [2.75, 3.05) is 7.11 Å². The highest BCUT2D eigenvalue weighted by atomic mass is 79.9. The van der Waals surface area contributed by atoms with Gasteiger partial charge in [0.05, 0.1) is 18.0 Å². The zero-order chi connectivity index (χ0) is 12.4. The van der Waals surface area contributed by atoms with E-state index in [2.05, 4.69) is 21.0 Å². The molecule has 0 atom stereocenters. The molecule has 1 N–H and O–H groups in total. The number of rotatable bonds is 3. The molecule has 0 aliphatic carbocycles. The molecule has 5 heteroatoms. The van der Waals surface area contributed by atoms with Crippen LogP contribution >= 0.6 is 15.9 Å². The summed E-state index contributed by atoms with van der Waals surface area (Å²) in [5.41, 5.74) is 2.55. The summed E-state index contributed by atoms with van der Waals surface area (Å²) in [5, 5.41) is 3.03. The summed E-state index contributed by atoms with van der Waals surface area (Å²) in [7, 11) is 1.59. The van der Waals surface area contributed by atoms with Gasteiger partial charge in [0, 0.05) is 7.11 Å². The van der Waals surface area contributed by atoms with Crippen LogP contribution in [-0.4, -0.2) is 16.9 Å². The van der Waals surface area contributed by atoms with Gasteiger partial charge in [0.15, 0.2) is 0 Å². The van der Waals surface area contributed by atoms with Crippen LogP contribution in [0.1, 0.15) is 11.3 Å². The number of benzene rings is 1. The van der Waals surface area contributed by atoms with Gasteiger partial charge < -0.3 is 4.74 Å². The van der Waals surface area contributed by atoms with Gasteiger partial charge in [-0.3, -0.25) is 9.89 Å². The number of hydrogen-bond donors (Lipinski definition) is 1. The quantitative estimate of drug-likeness (QED) is 0.945. The zero-order valence-corrected chi connectivity index (χ0v) is 11.2. The van der Waals surface area contributed by atoms with Crippen molar-refractivity contribution in [1.29, 1.82) is 0 Å². The third kappa shape index (κ3) is 2.35. The van der Waals surface area contributed by atoms with Crippen molar-refractivity contribution in [1.82, 2.24) is 9.78 Å². The van der Waals surface area contributed by atoms with Crippen LogP contribution in [0.25, 0.3) is 5.69 Å². The predicted molar refractivity (Wildman–Crippen MR) is 69.5 cm³/mol. The van der Waals surface area contributed by atoms with Crippen molar-refractivity contribution < 1.29 is 4.74 Å². The fraction of sp³-hybridized carbons (Fsp3) is 0.250. The molecular weight excluding hydrogens is 284 g/mol. The average Bonchev–Trinajstić information content (AvgIpc) is 2.58. The second-order valence-electron chi connectivity index (χ2n) is 3.82. The standard InChI is InChI=1S/C12H13BrN2O2/c1-8-4-3-5-9(6-8)15-12(16)11(13)10(14-15)7-17-2/h3-6,14H,7H2,1-2H3. The Morgan fingerprint density at radius 3 is 2.88 bits per heavy atom. The second-order valence-corrected chi connectivity index (χ2v) is 4.61. The van der Waals surface area contributed by atoms with E-state index in [0.29, 0.717) is 11.1 Å². The highest BCUT2D eigenvalue weighted by Crippen LogP contribution is 2.14. The lowest BCUT2D eigenvalue weighted by Gasteiger charge is -2.02. The van der Waals surface area contributed by atoms with E-state index >= 15 is 0 Å². The number of hydrogen-bond acceptors (Lipinski definition) is 2. The Labute approximate surface area is 107 Å². The van der Waals surface area contributed by atoms with Gasteiger partial charge in [-0.05, 0) is 40.5 Å². The fourth-order valence-corrected chi connectivity index (χ4v) is 2.03. The van der Waals surface area contributed by atoms with Gasteiger partial charge >= 0.3 is 0 Å². The Hall–Kier alpha value is -1.33. The number of methoxy groups -OCH3 is 1. The number of ether oxygens (including phenoxy) is 1. The fourth-order valence-electron chi connectivity index (χ4n) is 1.65. The van der Waals surface area contributed by atoms with Gasteiger partial charge in [0.2, 0.25) is 0 Å². The summed E-state index contributed by atoms with van der Waals surface area (Å²) < 4.78 is 7.04. The molecule has 90 valence electrons. The zero-order valence-electron chi connectivity index (χ0n) is 9.66. The molecule has 0 aliphatic heterocycles. The van der Waals surface area contributed by atoms with Crippen LogP contribution in [0.4, 0.5) is 0 Å². The molecule has 17 heavy (non-hydrogen) atoms. The minimum atomic E-state index is -0.109. The van der Waals surface area contributed by atoms with Gasteiger partial charge in [-0.15, -0.1) is 0 Å². The van der Waals surface area contributed by atoms with Gasteiger partial charge in [-0.25, -0.2) is 4.68 Å². The van der Waals surface area contributed by atoms with E-state index in [-0.39, 0.29) is 5.56 Å². The Morgan fingerprint density at radius 2 is 2.24 bits per heavy atom. The number of aromatic amines is 1. The maximum atomic E-state index is 12.0. The molecule has 0 saturated heterocycles. The monoisotopic (exact) mass is 296 g/mol. The van der Waals surface area contributed by atoms with Crippen LogP contribution < -0.4 is 5.56 Å². The number of H-pyrrole nitrogens is 1. The molecule has 0 aliphatic rings. The average molecular weight is 297 g/mol. The molecule has 1 aromatic carbocycles. The van der Waals surface area contributed by atoms with E-state index in [1.54, 1.807) is 7.11 Å². The first-order chi connectivity index (χ1) is 8.13. The molecule has 4 nitrogen and oxygen atoms in total. The third-order valence-corrected chi connectivity index (χ3v) is 3.27. The molecule has 2 rings (SSSR count). The number of aryl methyl sites for hydroxylation is 1. The van der Waals surface area contributed by atoms with E-state index in [0.717, 1.165) is 16.9 Å². The first kappa shape index (κ1) is 12.1. The maximum Gasteiger partial charge on any atom is 0.285 e. The molecule has 0 radical (unpaired) electrons. The van der Waals surface area contributed by atoms with Crippen LogP contribution in [-0.2, 0) is 11.3 Å². The normalized spacial score (nSPS) is 10.8. The van der Waals surface area contributed by atoms with Crippen LogP contribution in [0, 0.1) is 6.92 Å². The van der Waals surface area contributed by atoms with E-state index in [9.17, 15) is 4.79 Å². The van der Waals surface area contributed by atoms with Crippen molar-refractivity contribution in [3.63, 3.8) is 0 Å². The number of nitrogens with one attached hydrogen (secondary N) is 1. The Morgan fingerprint density at radius 1 is 1.47 bits per heavy atom. The first-order valence-corrected chi connectivity index (χ1v) is 5.98. The maximum absolute atomic E-state index is 12.0. The van der Waals surface area contributed by atoms with Crippen molar-refractivity contribution in [3.8, 4) is 5.69 Å².